The van der Waals surface area contributed by atoms with Crippen LogP contribution in [0.25, 0.3) is 11.3 Å². The van der Waals surface area contributed by atoms with Gasteiger partial charge >= 0.3 is 0 Å². The molecule has 2 fully saturated rings. The summed E-state index contributed by atoms with van der Waals surface area (Å²) in [5.41, 5.74) is 2.33. The molecule has 0 radical (unpaired) electrons. The van der Waals surface area contributed by atoms with Crippen LogP contribution in [0, 0.1) is 0 Å². The molecule has 2 aromatic rings. The van der Waals surface area contributed by atoms with Crippen molar-refractivity contribution < 1.29 is 0 Å². The molecule has 0 bridgehead atoms. The fourth-order valence-electron chi connectivity index (χ4n) is 3.48. The van der Waals surface area contributed by atoms with Crippen LogP contribution in [0.2, 0.25) is 0 Å². The minimum Gasteiger partial charge on any atom is -0.345 e. The topological polar surface area (TPSA) is 19.4 Å². The summed E-state index contributed by atoms with van der Waals surface area (Å²) in [7, 11) is 0. The zero-order valence-corrected chi connectivity index (χ0v) is 13.1. The van der Waals surface area contributed by atoms with Crippen molar-refractivity contribution in [2.45, 2.75) is 25.3 Å². The lowest BCUT2D eigenvalue weighted by molar-refractivity contribution is 0.133. The Kier molecular flexibility index (Phi) is 3.65. The molecule has 0 saturated carbocycles. The monoisotopic (exact) mass is 299 g/mol. The summed E-state index contributed by atoms with van der Waals surface area (Å²) < 4.78 is 0. The number of thiazole rings is 1. The Balaban J connectivity index is 1.51. The highest BCUT2D eigenvalue weighted by Crippen LogP contribution is 2.30. The Labute approximate surface area is 130 Å². The van der Waals surface area contributed by atoms with Crippen LogP contribution in [-0.4, -0.2) is 42.1 Å². The van der Waals surface area contributed by atoms with Gasteiger partial charge in [0.15, 0.2) is 5.13 Å². The minimum absolute atomic E-state index is 0.747. The number of benzene rings is 1. The van der Waals surface area contributed by atoms with E-state index in [4.69, 9.17) is 4.98 Å². The summed E-state index contributed by atoms with van der Waals surface area (Å²) in [5, 5.41) is 3.39. The second-order valence-corrected chi connectivity index (χ2v) is 6.85. The van der Waals surface area contributed by atoms with E-state index in [2.05, 4.69) is 45.5 Å². The van der Waals surface area contributed by atoms with E-state index in [-0.39, 0.29) is 0 Å². The first-order chi connectivity index (χ1) is 10.4. The quantitative estimate of drug-likeness (QED) is 0.846. The average molecular weight is 299 g/mol. The van der Waals surface area contributed by atoms with E-state index in [1.807, 2.05) is 0 Å². The van der Waals surface area contributed by atoms with Crippen LogP contribution < -0.4 is 4.90 Å². The average Bonchev–Trinajstić information content (AvgIpc) is 3.05. The lowest BCUT2D eigenvalue weighted by Crippen LogP contribution is -2.54. The zero-order chi connectivity index (χ0) is 14.1. The maximum Gasteiger partial charge on any atom is 0.185 e. The van der Waals surface area contributed by atoms with E-state index in [0.717, 1.165) is 24.8 Å². The van der Waals surface area contributed by atoms with E-state index in [1.54, 1.807) is 11.3 Å². The van der Waals surface area contributed by atoms with Crippen molar-refractivity contribution in [3.8, 4) is 11.3 Å². The number of piperidine rings is 1. The molecule has 0 spiro atoms. The number of piperazine rings is 1. The summed E-state index contributed by atoms with van der Waals surface area (Å²) in [6.45, 7) is 4.77. The Morgan fingerprint density at radius 3 is 2.86 bits per heavy atom. The van der Waals surface area contributed by atoms with Crippen molar-refractivity contribution in [1.82, 2.24) is 9.88 Å². The van der Waals surface area contributed by atoms with Crippen molar-refractivity contribution in [3.05, 3.63) is 35.7 Å². The largest absolute Gasteiger partial charge is 0.345 e. The van der Waals surface area contributed by atoms with Crippen LogP contribution in [-0.2, 0) is 0 Å². The fourth-order valence-corrected chi connectivity index (χ4v) is 4.35. The van der Waals surface area contributed by atoms with Gasteiger partial charge in [0.25, 0.3) is 0 Å². The summed E-state index contributed by atoms with van der Waals surface area (Å²) in [5.74, 6) is 0. The van der Waals surface area contributed by atoms with E-state index in [0.29, 0.717) is 0 Å². The summed E-state index contributed by atoms with van der Waals surface area (Å²) in [6.07, 6.45) is 4.13. The van der Waals surface area contributed by atoms with E-state index in [9.17, 15) is 0 Å². The molecular weight excluding hydrogens is 278 g/mol. The highest BCUT2D eigenvalue weighted by Gasteiger charge is 2.29. The number of nitrogens with zero attached hydrogens (tertiary/aromatic N) is 3. The van der Waals surface area contributed by atoms with Crippen LogP contribution >= 0.6 is 11.3 Å². The molecule has 2 aliphatic rings. The van der Waals surface area contributed by atoms with Crippen LogP contribution in [0.15, 0.2) is 35.7 Å². The Morgan fingerprint density at radius 2 is 1.95 bits per heavy atom. The molecule has 3 heterocycles. The molecule has 2 aliphatic heterocycles. The normalized spacial score (nSPS) is 23.0. The zero-order valence-electron chi connectivity index (χ0n) is 12.2. The second kappa shape index (κ2) is 5.78. The first kappa shape index (κ1) is 13.3. The van der Waals surface area contributed by atoms with E-state index < -0.39 is 0 Å². The number of hydrogen-bond acceptors (Lipinski definition) is 4. The van der Waals surface area contributed by atoms with Gasteiger partial charge in [-0.25, -0.2) is 4.98 Å². The summed E-state index contributed by atoms with van der Waals surface area (Å²) in [6, 6.07) is 11.2. The third kappa shape index (κ3) is 2.70. The van der Waals surface area contributed by atoms with Crippen LogP contribution in [0.3, 0.4) is 0 Å². The highest BCUT2D eigenvalue weighted by molar-refractivity contribution is 7.14. The standard InChI is InChI=1S/C17H21N3S/c1-2-6-14(7-3-1)16-13-21-17(18-16)20-11-10-19-9-5-4-8-15(19)12-20/h1-3,6-7,13,15H,4-5,8-12H2. The van der Waals surface area contributed by atoms with E-state index >= 15 is 0 Å². The van der Waals surface area contributed by atoms with Gasteiger partial charge in [0.2, 0.25) is 0 Å². The maximum atomic E-state index is 4.87. The molecule has 1 unspecified atom stereocenters. The Hall–Kier alpha value is -1.39. The molecule has 21 heavy (non-hydrogen) atoms. The van der Waals surface area contributed by atoms with Crippen molar-refractivity contribution in [2.24, 2.45) is 0 Å². The van der Waals surface area contributed by atoms with Gasteiger partial charge in [-0.3, -0.25) is 4.90 Å². The maximum absolute atomic E-state index is 4.87. The molecule has 0 N–H and O–H groups in total. The third-order valence-corrected chi connectivity index (χ3v) is 5.57. The van der Waals surface area contributed by atoms with Gasteiger partial charge in [-0.2, -0.15) is 0 Å². The molecule has 1 atom stereocenters. The number of rotatable bonds is 2. The Bertz CT molecular complexity index is 595. The molecule has 3 nitrogen and oxygen atoms in total. The molecule has 1 aromatic carbocycles. The smallest absolute Gasteiger partial charge is 0.185 e. The Morgan fingerprint density at radius 1 is 1.05 bits per heavy atom. The van der Waals surface area contributed by atoms with Crippen molar-refractivity contribution >= 4 is 16.5 Å². The predicted molar refractivity (Wildman–Crippen MR) is 89.0 cm³/mol. The molecule has 110 valence electrons. The van der Waals surface area contributed by atoms with Gasteiger partial charge in [-0.05, 0) is 19.4 Å². The fraction of sp³-hybridized carbons (Fsp3) is 0.471. The third-order valence-electron chi connectivity index (χ3n) is 4.67. The lowest BCUT2D eigenvalue weighted by atomic mass is 10.00. The molecule has 4 heteroatoms. The molecule has 1 aromatic heterocycles. The minimum atomic E-state index is 0.747. The first-order valence-corrected chi connectivity index (χ1v) is 8.78. The van der Waals surface area contributed by atoms with Crippen LogP contribution in [0.4, 0.5) is 5.13 Å². The highest BCUT2D eigenvalue weighted by atomic mass is 32.1. The van der Waals surface area contributed by atoms with Crippen molar-refractivity contribution in [2.75, 3.05) is 31.1 Å². The predicted octanol–water partition coefficient (Wildman–Crippen LogP) is 3.48. The molecule has 2 saturated heterocycles. The number of hydrogen-bond donors (Lipinski definition) is 0. The molecule has 0 amide bonds. The van der Waals surface area contributed by atoms with Gasteiger partial charge in [-0.15, -0.1) is 11.3 Å². The SMILES string of the molecule is c1ccc(-c2csc(N3CCN4CCCCC4C3)n2)cc1. The molecule has 0 aliphatic carbocycles. The van der Waals surface area contributed by atoms with Gasteiger partial charge in [0, 0.05) is 36.6 Å². The summed E-state index contributed by atoms with van der Waals surface area (Å²) >= 11 is 1.79. The van der Waals surface area contributed by atoms with Gasteiger partial charge in [0.05, 0.1) is 5.69 Å². The lowest BCUT2D eigenvalue weighted by Gasteiger charge is -2.44. The van der Waals surface area contributed by atoms with Crippen LogP contribution in [0.5, 0.6) is 0 Å². The van der Waals surface area contributed by atoms with E-state index in [1.165, 1.54) is 43.0 Å². The number of anilines is 1. The van der Waals surface area contributed by atoms with Gasteiger partial charge in [0.1, 0.15) is 0 Å². The van der Waals surface area contributed by atoms with Crippen molar-refractivity contribution in [1.29, 1.82) is 0 Å². The molecule has 4 rings (SSSR count). The second-order valence-electron chi connectivity index (χ2n) is 6.01. The van der Waals surface area contributed by atoms with Crippen molar-refractivity contribution in [3.63, 3.8) is 0 Å². The van der Waals surface area contributed by atoms with Gasteiger partial charge < -0.3 is 4.90 Å². The van der Waals surface area contributed by atoms with Gasteiger partial charge in [-0.1, -0.05) is 36.8 Å². The number of fused-ring (bicyclic) bond motifs is 1. The molecular formula is C17H21N3S. The number of aromatic nitrogens is 1. The first-order valence-electron chi connectivity index (χ1n) is 7.90. The van der Waals surface area contributed by atoms with Crippen LogP contribution in [0.1, 0.15) is 19.3 Å². The summed E-state index contributed by atoms with van der Waals surface area (Å²) in [4.78, 5) is 10.0.